The Balaban J connectivity index is 4.48. The molecule has 0 aromatic rings. The quantitative estimate of drug-likeness (QED) is 0.539. The molecule has 0 rings (SSSR count). The Morgan fingerprint density at radius 1 is 1.07 bits per heavy atom. The minimum absolute atomic E-state index is 0.0642. The molecule has 0 spiro atoms. The summed E-state index contributed by atoms with van der Waals surface area (Å²) in [6, 6.07) is 0. The van der Waals surface area contributed by atoms with Crippen LogP contribution in [0.4, 0.5) is 4.79 Å². The molecule has 0 saturated carbocycles. The smallest absolute Gasteiger partial charge is 0.410 e. The van der Waals surface area contributed by atoms with Gasteiger partial charge in [-0.15, -0.1) is 0 Å². The van der Waals surface area contributed by atoms with Crippen molar-refractivity contribution in [2.75, 3.05) is 40.8 Å². The fourth-order valence-corrected chi connectivity index (χ4v) is 2.34. The van der Waals surface area contributed by atoms with Gasteiger partial charge in [-0.25, -0.2) is 4.79 Å². The molecular formula is C19H39N5O3. The minimum atomic E-state index is -0.509. The molecule has 27 heavy (non-hydrogen) atoms. The van der Waals surface area contributed by atoms with Crippen LogP contribution in [0.2, 0.25) is 0 Å². The Kier molecular flexibility index (Phi) is 9.61. The van der Waals surface area contributed by atoms with E-state index in [-0.39, 0.29) is 30.0 Å². The van der Waals surface area contributed by atoms with E-state index in [4.69, 9.17) is 4.74 Å². The number of carbonyl (C=O) groups is 2. The Bertz CT molecular complexity index is 520. The summed E-state index contributed by atoms with van der Waals surface area (Å²) >= 11 is 0. The van der Waals surface area contributed by atoms with Crippen molar-refractivity contribution in [3.8, 4) is 0 Å². The molecule has 2 amide bonds. The summed E-state index contributed by atoms with van der Waals surface area (Å²) in [6.45, 7) is 14.8. The Morgan fingerprint density at radius 3 is 2.07 bits per heavy atom. The zero-order valence-corrected chi connectivity index (χ0v) is 18.8. The van der Waals surface area contributed by atoms with Crippen molar-refractivity contribution in [3.63, 3.8) is 0 Å². The zero-order chi connectivity index (χ0) is 21.4. The number of hydrogen-bond donors (Lipinski definition) is 2. The standard InChI is InChI=1S/C19H39N5O3/c1-14(12-24(10)17(26)27-19(5,6)7)11-21-16(20-8)23(9)13-15(25)22-18(2,3)4/h14H,11-13H2,1-10H3,(H,20,21)(H,22,25). The molecule has 0 saturated heterocycles. The lowest BCUT2D eigenvalue weighted by molar-refractivity contribution is -0.122. The average Bonchev–Trinajstić information content (AvgIpc) is 2.43. The zero-order valence-electron chi connectivity index (χ0n) is 18.8. The normalized spacial score (nSPS) is 13.6. The second kappa shape index (κ2) is 10.4. The highest BCUT2D eigenvalue weighted by Crippen LogP contribution is 2.10. The van der Waals surface area contributed by atoms with E-state index < -0.39 is 5.60 Å². The summed E-state index contributed by atoms with van der Waals surface area (Å²) < 4.78 is 5.36. The fraction of sp³-hybridized carbons (Fsp3) is 0.842. The van der Waals surface area contributed by atoms with Crippen molar-refractivity contribution in [2.24, 2.45) is 10.9 Å². The number of rotatable bonds is 6. The molecule has 158 valence electrons. The molecule has 1 atom stereocenters. The van der Waals surface area contributed by atoms with Gasteiger partial charge >= 0.3 is 6.09 Å². The van der Waals surface area contributed by atoms with Crippen LogP contribution in [0.5, 0.6) is 0 Å². The highest BCUT2D eigenvalue weighted by Gasteiger charge is 2.21. The number of ether oxygens (including phenoxy) is 1. The van der Waals surface area contributed by atoms with Gasteiger partial charge in [0.05, 0.1) is 6.54 Å². The number of nitrogens with zero attached hydrogens (tertiary/aromatic N) is 3. The Hall–Kier alpha value is -1.99. The SMILES string of the molecule is CN=C(NCC(C)CN(C)C(=O)OC(C)(C)C)N(C)CC(=O)NC(C)(C)C. The maximum absolute atomic E-state index is 12.1. The summed E-state index contributed by atoms with van der Waals surface area (Å²) in [6.07, 6.45) is -0.338. The lowest BCUT2D eigenvalue weighted by atomic mass is 10.1. The highest BCUT2D eigenvalue weighted by atomic mass is 16.6. The molecule has 0 aromatic carbocycles. The lowest BCUT2D eigenvalue weighted by Gasteiger charge is -2.28. The molecule has 8 heteroatoms. The van der Waals surface area contributed by atoms with Crippen molar-refractivity contribution >= 4 is 18.0 Å². The van der Waals surface area contributed by atoms with Crippen LogP contribution in [0.25, 0.3) is 0 Å². The molecule has 0 aliphatic heterocycles. The van der Waals surface area contributed by atoms with Gasteiger partial charge in [0.1, 0.15) is 5.60 Å². The van der Waals surface area contributed by atoms with Gasteiger partial charge in [0, 0.05) is 39.8 Å². The Morgan fingerprint density at radius 2 is 1.63 bits per heavy atom. The number of guanidine groups is 1. The van der Waals surface area contributed by atoms with Crippen molar-refractivity contribution in [2.45, 2.75) is 59.6 Å². The van der Waals surface area contributed by atoms with E-state index in [0.29, 0.717) is 19.0 Å². The van der Waals surface area contributed by atoms with Crippen LogP contribution in [0.1, 0.15) is 48.5 Å². The van der Waals surface area contributed by atoms with E-state index in [2.05, 4.69) is 15.6 Å². The van der Waals surface area contributed by atoms with Crippen LogP contribution in [-0.4, -0.2) is 79.7 Å². The van der Waals surface area contributed by atoms with E-state index >= 15 is 0 Å². The first-order chi connectivity index (χ1) is 12.1. The van der Waals surface area contributed by atoms with E-state index in [1.54, 1.807) is 23.9 Å². The van der Waals surface area contributed by atoms with Crippen LogP contribution in [0.3, 0.4) is 0 Å². The van der Waals surface area contributed by atoms with Crippen molar-refractivity contribution in [3.05, 3.63) is 0 Å². The van der Waals surface area contributed by atoms with Crippen LogP contribution in [-0.2, 0) is 9.53 Å². The van der Waals surface area contributed by atoms with Gasteiger partial charge in [0.25, 0.3) is 0 Å². The van der Waals surface area contributed by atoms with E-state index in [1.165, 1.54) is 0 Å². The molecule has 0 bridgehead atoms. The Labute approximate surface area is 164 Å². The van der Waals surface area contributed by atoms with Gasteiger partial charge in [0.15, 0.2) is 5.96 Å². The third kappa shape index (κ3) is 12.1. The molecule has 1 unspecified atom stereocenters. The molecule has 0 radical (unpaired) electrons. The predicted molar refractivity (Wildman–Crippen MR) is 110 cm³/mol. The van der Waals surface area contributed by atoms with Gasteiger partial charge in [-0.2, -0.15) is 0 Å². The first-order valence-electron chi connectivity index (χ1n) is 9.31. The van der Waals surface area contributed by atoms with Gasteiger partial charge in [0.2, 0.25) is 5.91 Å². The topological polar surface area (TPSA) is 86.3 Å². The number of nitrogens with one attached hydrogen (secondary N) is 2. The summed E-state index contributed by atoms with van der Waals surface area (Å²) in [5.74, 6) is 0.743. The van der Waals surface area contributed by atoms with Crippen LogP contribution >= 0.6 is 0 Å². The lowest BCUT2D eigenvalue weighted by Crippen LogP contribution is -2.49. The number of carbonyl (C=O) groups excluding carboxylic acids is 2. The van der Waals surface area contributed by atoms with E-state index in [1.807, 2.05) is 55.5 Å². The number of likely N-dealkylation sites (N-methyl/N-ethyl adjacent to an activating group) is 1. The van der Waals surface area contributed by atoms with Crippen molar-refractivity contribution in [1.82, 2.24) is 20.4 Å². The summed E-state index contributed by atoms with van der Waals surface area (Å²) in [4.78, 5) is 31.7. The van der Waals surface area contributed by atoms with Crippen molar-refractivity contribution < 1.29 is 14.3 Å². The first-order valence-corrected chi connectivity index (χ1v) is 9.31. The molecule has 2 N–H and O–H groups in total. The van der Waals surface area contributed by atoms with Gasteiger partial charge < -0.3 is 25.2 Å². The number of amides is 2. The summed E-state index contributed by atoms with van der Waals surface area (Å²) in [5.41, 5.74) is -0.777. The molecular weight excluding hydrogens is 346 g/mol. The maximum atomic E-state index is 12.1. The van der Waals surface area contributed by atoms with E-state index in [0.717, 1.165) is 0 Å². The van der Waals surface area contributed by atoms with Gasteiger partial charge in [-0.1, -0.05) is 6.92 Å². The first kappa shape index (κ1) is 25.0. The fourth-order valence-electron chi connectivity index (χ4n) is 2.34. The second-order valence-corrected chi connectivity index (χ2v) is 9.05. The monoisotopic (exact) mass is 385 g/mol. The number of hydrogen-bond acceptors (Lipinski definition) is 4. The van der Waals surface area contributed by atoms with Crippen LogP contribution in [0.15, 0.2) is 4.99 Å². The average molecular weight is 386 g/mol. The molecule has 0 aliphatic carbocycles. The summed E-state index contributed by atoms with van der Waals surface area (Å²) in [7, 11) is 5.22. The maximum Gasteiger partial charge on any atom is 0.410 e. The minimum Gasteiger partial charge on any atom is -0.444 e. The molecule has 0 heterocycles. The number of aliphatic imine (C=N–C) groups is 1. The van der Waals surface area contributed by atoms with Crippen molar-refractivity contribution in [1.29, 1.82) is 0 Å². The highest BCUT2D eigenvalue weighted by molar-refractivity contribution is 5.86. The van der Waals surface area contributed by atoms with E-state index in [9.17, 15) is 9.59 Å². The van der Waals surface area contributed by atoms with Crippen LogP contribution < -0.4 is 10.6 Å². The predicted octanol–water partition coefficient (Wildman–Crippen LogP) is 1.91. The molecule has 0 aliphatic rings. The molecule has 0 fully saturated rings. The summed E-state index contributed by atoms with van der Waals surface area (Å²) in [5, 5.41) is 6.18. The molecule has 8 nitrogen and oxygen atoms in total. The second-order valence-electron chi connectivity index (χ2n) is 9.05. The largest absolute Gasteiger partial charge is 0.444 e. The molecule has 0 aromatic heterocycles. The van der Waals surface area contributed by atoms with Crippen LogP contribution in [0, 0.1) is 5.92 Å². The van der Waals surface area contributed by atoms with Gasteiger partial charge in [-0.05, 0) is 47.5 Å². The van der Waals surface area contributed by atoms with Gasteiger partial charge in [-0.3, -0.25) is 9.79 Å². The third-order valence-electron chi connectivity index (χ3n) is 3.37. The third-order valence-corrected chi connectivity index (χ3v) is 3.37.